The number of likely N-dealkylation sites (N-methyl/N-ethyl adjacent to an activating group) is 1. The summed E-state index contributed by atoms with van der Waals surface area (Å²) in [5.74, 6) is -0.818. The average Bonchev–Trinajstić information content (AvgIpc) is 2.98. The number of benzene rings is 4. The summed E-state index contributed by atoms with van der Waals surface area (Å²) in [7, 11) is -2.60. The zero-order chi connectivity index (χ0) is 30.3. The third-order valence-electron chi connectivity index (χ3n) is 7.22. The molecule has 0 aliphatic carbocycles. The number of anilines is 1. The molecule has 0 unspecified atom stereocenters. The SMILES string of the molecule is CNC(=O)[C@@H](Cc1ccccc1)N(Cc1ccccc1)C(=O)CN(c1ccc(C)cc1C)S(=O)(=O)c1ccc(C)cc1. The Labute approximate surface area is 248 Å². The molecule has 0 radical (unpaired) electrons. The predicted octanol–water partition coefficient (Wildman–Crippen LogP) is 5.19. The van der Waals surface area contributed by atoms with Crippen molar-refractivity contribution in [3.8, 4) is 0 Å². The first kappa shape index (κ1) is 30.5. The lowest BCUT2D eigenvalue weighted by molar-refractivity contribution is -0.139. The second-order valence-electron chi connectivity index (χ2n) is 10.4. The molecule has 4 aromatic carbocycles. The lowest BCUT2D eigenvalue weighted by Gasteiger charge is -2.34. The van der Waals surface area contributed by atoms with Gasteiger partial charge in [0.1, 0.15) is 12.6 Å². The van der Waals surface area contributed by atoms with Gasteiger partial charge >= 0.3 is 0 Å². The highest BCUT2D eigenvalue weighted by atomic mass is 32.2. The summed E-state index contributed by atoms with van der Waals surface area (Å²) in [6.45, 7) is 5.30. The highest BCUT2D eigenvalue weighted by Gasteiger charge is 2.34. The topological polar surface area (TPSA) is 86.8 Å². The molecule has 0 saturated carbocycles. The quantitative estimate of drug-likeness (QED) is 0.263. The number of sulfonamides is 1. The van der Waals surface area contributed by atoms with Gasteiger partial charge < -0.3 is 10.2 Å². The van der Waals surface area contributed by atoms with Crippen molar-refractivity contribution in [2.75, 3.05) is 17.9 Å². The van der Waals surface area contributed by atoms with Gasteiger partial charge in [-0.2, -0.15) is 0 Å². The van der Waals surface area contributed by atoms with Crippen molar-refractivity contribution in [2.45, 2.75) is 44.7 Å². The Balaban J connectivity index is 1.80. The molecule has 0 saturated heterocycles. The molecular weight excluding hydrogens is 546 g/mol. The maximum Gasteiger partial charge on any atom is 0.264 e. The predicted molar refractivity (Wildman–Crippen MR) is 167 cm³/mol. The maximum atomic E-state index is 14.3. The Morgan fingerprint density at radius 2 is 1.33 bits per heavy atom. The van der Waals surface area contributed by atoms with E-state index < -0.39 is 28.5 Å². The first-order chi connectivity index (χ1) is 20.1. The van der Waals surface area contributed by atoms with Crippen molar-refractivity contribution < 1.29 is 18.0 Å². The Morgan fingerprint density at radius 1 is 0.762 bits per heavy atom. The van der Waals surface area contributed by atoms with Gasteiger partial charge in [0, 0.05) is 20.0 Å². The van der Waals surface area contributed by atoms with E-state index in [4.69, 9.17) is 0 Å². The first-order valence-corrected chi connectivity index (χ1v) is 15.3. The minimum Gasteiger partial charge on any atom is -0.357 e. The van der Waals surface area contributed by atoms with Gasteiger partial charge in [-0.1, -0.05) is 96.1 Å². The third-order valence-corrected chi connectivity index (χ3v) is 9.00. The van der Waals surface area contributed by atoms with Gasteiger partial charge in [0.15, 0.2) is 0 Å². The molecule has 0 bridgehead atoms. The van der Waals surface area contributed by atoms with Crippen LogP contribution in [0.2, 0.25) is 0 Å². The van der Waals surface area contributed by atoms with Crippen molar-refractivity contribution in [3.05, 3.63) is 131 Å². The van der Waals surface area contributed by atoms with Crippen LogP contribution in [-0.4, -0.2) is 44.8 Å². The Morgan fingerprint density at radius 3 is 1.90 bits per heavy atom. The molecule has 1 atom stereocenters. The summed E-state index contributed by atoms with van der Waals surface area (Å²) in [6, 6.07) is 30.0. The van der Waals surface area contributed by atoms with Gasteiger partial charge in [-0.05, 0) is 55.7 Å². The molecule has 7 nitrogen and oxygen atoms in total. The van der Waals surface area contributed by atoms with Crippen LogP contribution in [0.25, 0.3) is 0 Å². The van der Waals surface area contributed by atoms with E-state index in [-0.39, 0.29) is 23.8 Å². The fraction of sp³-hybridized carbons (Fsp3) is 0.235. The van der Waals surface area contributed by atoms with Crippen molar-refractivity contribution in [3.63, 3.8) is 0 Å². The Hall–Kier alpha value is -4.43. The van der Waals surface area contributed by atoms with E-state index in [9.17, 15) is 18.0 Å². The van der Waals surface area contributed by atoms with Crippen LogP contribution in [0.3, 0.4) is 0 Å². The number of amides is 2. The fourth-order valence-electron chi connectivity index (χ4n) is 4.94. The molecule has 0 aromatic heterocycles. The summed E-state index contributed by atoms with van der Waals surface area (Å²) in [5, 5.41) is 2.70. The molecular formula is C34H37N3O4S. The number of carbonyl (C=O) groups excluding carboxylic acids is 2. The van der Waals surface area contributed by atoms with Crippen LogP contribution >= 0.6 is 0 Å². The lowest BCUT2D eigenvalue weighted by atomic mass is 10.0. The minimum atomic E-state index is -4.13. The molecule has 218 valence electrons. The number of hydrogen-bond donors (Lipinski definition) is 1. The van der Waals surface area contributed by atoms with Crippen molar-refractivity contribution in [1.82, 2.24) is 10.2 Å². The number of aryl methyl sites for hydroxylation is 3. The molecule has 2 amide bonds. The van der Waals surface area contributed by atoms with Gasteiger partial charge in [0.05, 0.1) is 10.6 Å². The van der Waals surface area contributed by atoms with Crippen LogP contribution in [0.4, 0.5) is 5.69 Å². The Bertz CT molecular complexity index is 1620. The molecule has 0 aliphatic rings. The molecule has 0 spiro atoms. The van der Waals surface area contributed by atoms with Crippen LogP contribution in [0.5, 0.6) is 0 Å². The van der Waals surface area contributed by atoms with Crippen molar-refractivity contribution in [2.24, 2.45) is 0 Å². The van der Waals surface area contributed by atoms with Gasteiger partial charge in [0.2, 0.25) is 11.8 Å². The molecule has 0 heterocycles. The van der Waals surface area contributed by atoms with E-state index in [1.54, 1.807) is 30.3 Å². The number of nitrogens with zero attached hydrogens (tertiary/aromatic N) is 2. The number of carbonyl (C=O) groups is 2. The first-order valence-electron chi connectivity index (χ1n) is 13.9. The van der Waals surface area contributed by atoms with Crippen LogP contribution in [0.1, 0.15) is 27.8 Å². The largest absolute Gasteiger partial charge is 0.357 e. The Kier molecular flexibility index (Phi) is 9.80. The van der Waals surface area contributed by atoms with Crippen molar-refractivity contribution in [1.29, 1.82) is 0 Å². The molecule has 0 aliphatic heterocycles. The zero-order valence-electron chi connectivity index (χ0n) is 24.4. The number of rotatable bonds is 11. The fourth-order valence-corrected chi connectivity index (χ4v) is 6.42. The van der Waals surface area contributed by atoms with Gasteiger partial charge in [-0.3, -0.25) is 13.9 Å². The van der Waals surface area contributed by atoms with Crippen LogP contribution in [0, 0.1) is 20.8 Å². The van der Waals surface area contributed by atoms with E-state index in [2.05, 4.69) is 5.32 Å². The van der Waals surface area contributed by atoms with E-state index in [1.807, 2.05) is 93.6 Å². The zero-order valence-corrected chi connectivity index (χ0v) is 25.3. The monoisotopic (exact) mass is 583 g/mol. The van der Waals surface area contributed by atoms with Gasteiger partial charge in [0.25, 0.3) is 10.0 Å². The highest BCUT2D eigenvalue weighted by Crippen LogP contribution is 2.28. The van der Waals surface area contributed by atoms with Crippen molar-refractivity contribution >= 4 is 27.5 Å². The third kappa shape index (κ3) is 7.25. The summed E-state index contributed by atoms with van der Waals surface area (Å²) in [4.78, 5) is 29.2. The molecule has 4 aromatic rings. The van der Waals surface area contributed by atoms with Crippen LogP contribution in [-0.2, 0) is 32.6 Å². The van der Waals surface area contributed by atoms with Gasteiger partial charge in [-0.15, -0.1) is 0 Å². The molecule has 1 N–H and O–H groups in total. The number of hydrogen-bond acceptors (Lipinski definition) is 4. The summed E-state index contributed by atoms with van der Waals surface area (Å²) >= 11 is 0. The standard InChI is InChI=1S/C34H37N3O4S/c1-25-15-18-30(19-16-25)42(40,41)37(31-20-17-26(2)21-27(31)3)24-33(38)36(23-29-13-9-6-10-14-29)32(34(39)35-4)22-28-11-7-5-8-12-28/h5-21,32H,22-24H2,1-4H3,(H,35,39)/t32-/m1/s1. The summed E-state index contributed by atoms with van der Waals surface area (Å²) in [5.41, 5.74) is 4.74. The van der Waals surface area contributed by atoms with Crippen LogP contribution in [0.15, 0.2) is 108 Å². The molecule has 8 heteroatoms. The highest BCUT2D eigenvalue weighted by molar-refractivity contribution is 7.92. The minimum absolute atomic E-state index is 0.0858. The second kappa shape index (κ2) is 13.5. The smallest absolute Gasteiger partial charge is 0.264 e. The normalized spacial score (nSPS) is 11.9. The molecule has 4 rings (SSSR count). The summed E-state index contributed by atoms with van der Waals surface area (Å²) in [6.07, 6.45) is 0.271. The average molecular weight is 584 g/mol. The molecule has 42 heavy (non-hydrogen) atoms. The lowest BCUT2D eigenvalue weighted by Crippen LogP contribution is -2.53. The summed E-state index contributed by atoms with van der Waals surface area (Å²) < 4.78 is 29.4. The number of nitrogens with one attached hydrogen (secondary N) is 1. The second-order valence-corrected chi connectivity index (χ2v) is 12.3. The maximum absolute atomic E-state index is 14.3. The van der Waals surface area contributed by atoms with Gasteiger partial charge in [-0.25, -0.2) is 8.42 Å². The van der Waals surface area contributed by atoms with Crippen LogP contribution < -0.4 is 9.62 Å². The van der Waals surface area contributed by atoms with E-state index in [0.29, 0.717) is 5.69 Å². The van der Waals surface area contributed by atoms with E-state index >= 15 is 0 Å². The van der Waals surface area contributed by atoms with E-state index in [0.717, 1.165) is 32.1 Å². The molecule has 0 fully saturated rings. The van der Waals surface area contributed by atoms with E-state index in [1.165, 1.54) is 11.9 Å².